The van der Waals surface area contributed by atoms with Crippen molar-refractivity contribution in [3.8, 4) is 0 Å². The second-order valence-corrected chi connectivity index (χ2v) is 2.66. The zero-order chi connectivity index (χ0) is 5.33. The molecule has 0 amide bonds. The third-order valence-corrected chi connectivity index (χ3v) is 1.58. The van der Waals surface area contributed by atoms with Crippen LogP contribution in [0.5, 0.6) is 0 Å². The Kier molecular flexibility index (Phi) is 1.08. The predicted molar refractivity (Wildman–Crippen MR) is 31.3 cm³/mol. The molecule has 1 heteroatoms. The highest BCUT2D eigenvalue weighted by Gasteiger charge is 2.34. The fraction of sp³-hybridized carbons (Fsp3) is 1.00. The molecule has 1 N–H and O–H groups in total. The highest BCUT2D eigenvalue weighted by Crippen LogP contribution is 2.21. The maximum absolute atomic E-state index is 3.31. The molecule has 0 radical (unpaired) electrons. The molecule has 42 valence electrons. The van der Waals surface area contributed by atoms with Crippen LogP contribution in [0.15, 0.2) is 0 Å². The van der Waals surface area contributed by atoms with E-state index in [0.717, 1.165) is 0 Å². The van der Waals surface area contributed by atoms with E-state index < -0.39 is 0 Å². The van der Waals surface area contributed by atoms with Gasteiger partial charge in [-0.2, -0.15) is 0 Å². The van der Waals surface area contributed by atoms with Gasteiger partial charge in [-0.15, -0.1) is 0 Å². The maximum atomic E-state index is 3.31. The van der Waals surface area contributed by atoms with Crippen molar-refractivity contribution in [2.24, 2.45) is 0 Å². The summed E-state index contributed by atoms with van der Waals surface area (Å²) in [5, 5.41) is 3.31. The topological polar surface area (TPSA) is 21.9 Å². The lowest BCUT2D eigenvalue weighted by Gasteiger charge is -1.99. The molecule has 0 bridgehead atoms. The first-order chi connectivity index (χ1) is 3.27. The highest BCUT2D eigenvalue weighted by atomic mass is 15.1. The number of nitrogens with one attached hydrogen (secondary N) is 1. The molecule has 0 saturated carbocycles. The summed E-state index contributed by atoms with van der Waals surface area (Å²) in [5.74, 6) is 0. The van der Waals surface area contributed by atoms with Gasteiger partial charge < -0.3 is 5.32 Å². The Balaban J connectivity index is 2.13. The summed E-state index contributed by atoms with van der Waals surface area (Å²) in [6, 6.07) is 0. The van der Waals surface area contributed by atoms with Gasteiger partial charge in [-0.25, -0.2) is 0 Å². The standard InChI is InChI=1S/C6H13N/c1-3-4-6(2)5-7-6/h7H,3-5H2,1-2H3. The van der Waals surface area contributed by atoms with Crippen molar-refractivity contribution in [2.45, 2.75) is 32.2 Å². The zero-order valence-corrected chi connectivity index (χ0v) is 5.12. The Morgan fingerprint density at radius 1 is 1.71 bits per heavy atom. The molecule has 0 spiro atoms. The molecule has 1 atom stereocenters. The van der Waals surface area contributed by atoms with Crippen molar-refractivity contribution in [3.05, 3.63) is 0 Å². The predicted octanol–water partition coefficient (Wildman–Crippen LogP) is 1.15. The molecular formula is C6H13N. The van der Waals surface area contributed by atoms with Gasteiger partial charge >= 0.3 is 0 Å². The normalized spacial score (nSPS) is 38.6. The first kappa shape index (κ1) is 5.10. The number of hydrogen-bond donors (Lipinski definition) is 1. The molecule has 0 aromatic carbocycles. The van der Waals surface area contributed by atoms with Crippen LogP contribution in [0, 0.1) is 0 Å². The third kappa shape index (κ3) is 1.16. The van der Waals surface area contributed by atoms with E-state index in [0.29, 0.717) is 5.54 Å². The summed E-state index contributed by atoms with van der Waals surface area (Å²) < 4.78 is 0. The van der Waals surface area contributed by atoms with E-state index in [4.69, 9.17) is 0 Å². The van der Waals surface area contributed by atoms with E-state index in [9.17, 15) is 0 Å². The summed E-state index contributed by atoms with van der Waals surface area (Å²) >= 11 is 0. The Labute approximate surface area is 45.1 Å². The maximum Gasteiger partial charge on any atom is 0.0278 e. The van der Waals surface area contributed by atoms with Crippen LogP contribution in [0.4, 0.5) is 0 Å². The van der Waals surface area contributed by atoms with Gasteiger partial charge in [-0.05, 0) is 13.3 Å². The van der Waals surface area contributed by atoms with E-state index in [-0.39, 0.29) is 0 Å². The molecule has 1 saturated heterocycles. The van der Waals surface area contributed by atoms with Gasteiger partial charge in [0, 0.05) is 12.1 Å². The molecule has 7 heavy (non-hydrogen) atoms. The molecule has 1 nitrogen and oxygen atoms in total. The second kappa shape index (κ2) is 1.48. The van der Waals surface area contributed by atoms with Crippen LogP contribution in [0.2, 0.25) is 0 Å². The van der Waals surface area contributed by atoms with Gasteiger partial charge in [0.05, 0.1) is 0 Å². The van der Waals surface area contributed by atoms with Gasteiger partial charge in [0.15, 0.2) is 0 Å². The Bertz CT molecular complexity index is 64.6. The van der Waals surface area contributed by atoms with Crippen molar-refractivity contribution in [1.29, 1.82) is 0 Å². The van der Waals surface area contributed by atoms with Crippen LogP contribution in [0.1, 0.15) is 26.7 Å². The van der Waals surface area contributed by atoms with Crippen molar-refractivity contribution in [2.75, 3.05) is 6.54 Å². The summed E-state index contributed by atoms with van der Waals surface area (Å²) in [6.07, 6.45) is 2.65. The first-order valence-electron chi connectivity index (χ1n) is 3.02. The molecule has 0 aromatic rings. The summed E-state index contributed by atoms with van der Waals surface area (Å²) in [4.78, 5) is 0. The molecule has 1 rings (SSSR count). The van der Waals surface area contributed by atoms with Crippen LogP contribution in [0.25, 0.3) is 0 Å². The average molecular weight is 99.2 g/mol. The molecule has 1 aliphatic heterocycles. The average Bonchev–Trinajstić information content (AvgIpc) is 2.22. The van der Waals surface area contributed by atoms with Gasteiger partial charge in [-0.1, -0.05) is 13.3 Å². The van der Waals surface area contributed by atoms with E-state index in [2.05, 4.69) is 19.2 Å². The summed E-state index contributed by atoms with van der Waals surface area (Å²) in [7, 11) is 0. The molecule has 0 aliphatic carbocycles. The van der Waals surface area contributed by atoms with Gasteiger partial charge in [0.25, 0.3) is 0 Å². The highest BCUT2D eigenvalue weighted by molar-refractivity contribution is 4.98. The lowest BCUT2D eigenvalue weighted by atomic mass is 10.1. The van der Waals surface area contributed by atoms with E-state index in [1.54, 1.807) is 0 Å². The third-order valence-electron chi connectivity index (χ3n) is 1.58. The minimum Gasteiger partial charge on any atom is -0.308 e. The Hall–Kier alpha value is -0.0400. The number of hydrogen-bond acceptors (Lipinski definition) is 1. The fourth-order valence-electron chi connectivity index (χ4n) is 0.879. The number of rotatable bonds is 2. The first-order valence-corrected chi connectivity index (χ1v) is 3.02. The van der Waals surface area contributed by atoms with Crippen LogP contribution in [-0.4, -0.2) is 12.1 Å². The van der Waals surface area contributed by atoms with Crippen LogP contribution in [-0.2, 0) is 0 Å². The fourth-order valence-corrected chi connectivity index (χ4v) is 0.879. The van der Waals surface area contributed by atoms with E-state index in [1.807, 2.05) is 0 Å². The largest absolute Gasteiger partial charge is 0.308 e. The minimum atomic E-state index is 0.550. The van der Waals surface area contributed by atoms with Gasteiger partial charge in [0.2, 0.25) is 0 Å². The van der Waals surface area contributed by atoms with Crippen LogP contribution in [0.3, 0.4) is 0 Å². The van der Waals surface area contributed by atoms with E-state index >= 15 is 0 Å². The van der Waals surface area contributed by atoms with Crippen LogP contribution >= 0.6 is 0 Å². The molecule has 1 fully saturated rings. The monoisotopic (exact) mass is 99.1 g/mol. The molecular weight excluding hydrogens is 86.1 g/mol. The van der Waals surface area contributed by atoms with Crippen molar-refractivity contribution < 1.29 is 0 Å². The molecule has 0 aromatic heterocycles. The Morgan fingerprint density at radius 2 is 2.29 bits per heavy atom. The SMILES string of the molecule is CCCC1(C)CN1. The van der Waals surface area contributed by atoms with Gasteiger partial charge in [-0.3, -0.25) is 0 Å². The smallest absolute Gasteiger partial charge is 0.0278 e. The molecule has 1 aliphatic rings. The second-order valence-electron chi connectivity index (χ2n) is 2.66. The van der Waals surface area contributed by atoms with Crippen molar-refractivity contribution in [3.63, 3.8) is 0 Å². The lowest BCUT2D eigenvalue weighted by Crippen LogP contribution is -2.06. The molecule has 1 unspecified atom stereocenters. The van der Waals surface area contributed by atoms with Crippen LogP contribution < -0.4 is 5.32 Å². The Morgan fingerprint density at radius 3 is 2.43 bits per heavy atom. The summed E-state index contributed by atoms with van der Waals surface area (Å²) in [5.41, 5.74) is 0.550. The van der Waals surface area contributed by atoms with Crippen molar-refractivity contribution >= 4 is 0 Å². The molecule has 1 heterocycles. The van der Waals surface area contributed by atoms with Crippen molar-refractivity contribution in [1.82, 2.24) is 5.32 Å². The summed E-state index contributed by atoms with van der Waals surface area (Å²) in [6.45, 7) is 5.74. The van der Waals surface area contributed by atoms with Gasteiger partial charge in [0.1, 0.15) is 0 Å². The van der Waals surface area contributed by atoms with E-state index in [1.165, 1.54) is 19.4 Å². The lowest BCUT2D eigenvalue weighted by molar-refractivity contribution is 0.613. The quantitative estimate of drug-likeness (QED) is 0.515. The minimum absolute atomic E-state index is 0.550. The zero-order valence-electron chi connectivity index (χ0n) is 5.12.